The van der Waals surface area contributed by atoms with Gasteiger partial charge in [0.2, 0.25) is 5.91 Å². The molecular weight excluding hydrogens is 423 g/mol. The van der Waals surface area contributed by atoms with E-state index in [2.05, 4.69) is 15.5 Å². The molecule has 0 fully saturated rings. The molecule has 0 spiro atoms. The molecule has 0 saturated carbocycles. The Balaban J connectivity index is 1.95. The van der Waals surface area contributed by atoms with Gasteiger partial charge in [0.15, 0.2) is 10.6 Å². The fourth-order valence-electron chi connectivity index (χ4n) is 2.80. The zero-order valence-corrected chi connectivity index (χ0v) is 17.4. The molecule has 0 bridgehead atoms. The van der Waals surface area contributed by atoms with Crippen molar-refractivity contribution in [1.29, 1.82) is 0 Å². The van der Waals surface area contributed by atoms with Crippen molar-refractivity contribution in [2.45, 2.75) is 19.1 Å². The summed E-state index contributed by atoms with van der Waals surface area (Å²) in [5.41, 5.74) is -0.326. The van der Waals surface area contributed by atoms with E-state index in [4.69, 9.17) is 12.2 Å². The number of aromatic amines is 1. The van der Waals surface area contributed by atoms with Crippen LogP contribution in [0.25, 0.3) is 10.7 Å². The first-order valence-corrected chi connectivity index (χ1v) is 9.78. The number of benzene rings is 1. The van der Waals surface area contributed by atoms with Crippen molar-refractivity contribution in [2.75, 3.05) is 24.3 Å². The molecule has 1 aromatic carbocycles. The Hall–Kier alpha value is -2.66. The van der Waals surface area contributed by atoms with Gasteiger partial charge < -0.3 is 10.2 Å². The lowest BCUT2D eigenvalue weighted by Gasteiger charge is -2.21. The van der Waals surface area contributed by atoms with Gasteiger partial charge in [-0.3, -0.25) is 14.5 Å². The molecule has 2 N–H and O–H groups in total. The Labute approximate surface area is 174 Å². The van der Waals surface area contributed by atoms with Crippen molar-refractivity contribution in [2.24, 2.45) is 0 Å². The minimum Gasteiger partial charge on any atom is -0.376 e. The molecule has 2 aromatic heterocycles. The normalized spacial score (nSPS) is 12.6. The van der Waals surface area contributed by atoms with Gasteiger partial charge in [-0.25, -0.2) is 0 Å². The van der Waals surface area contributed by atoms with Crippen LogP contribution in [0.2, 0.25) is 0 Å². The molecule has 0 radical (unpaired) electrons. The molecule has 154 valence electrons. The van der Waals surface area contributed by atoms with Crippen LogP contribution >= 0.6 is 23.6 Å². The molecule has 1 atom stereocenters. The summed E-state index contributed by atoms with van der Waals surface area (Å²) in [6.45, 7) is 1.61. The maximum Gasteiger partial charge on any atom is 0.416 e. The van der Waals surface area contributed by atoms with Crippen molar-refractivity contribution >= 4 is 40.8 Å². The van der Waals surface area contributed by atoms with E-state index < -0.39 is 23.7 Å². The van der Waals surface area contributed by atoms with E-state index in [0.717, 1.165) is 17.0 Å². The third-order valence-corrected chi connectivity index (χ3v) is 5.43. The lowest BCUT2D eigenvalue weighted by atomic mass is 10.1. The van der Waals surface area contributed by atoms with E-state index >= 15 is 0 Å². The van der Waals surface area contributed by atoms with Crippen LogP contribution in [0.5, 0.6) is 0 Å². The number of thiophene rings is 1. The van der Waals surface area contributed by atoms with Crippen LogP contribution in [0, 0.1) is 4.77 Å². The Bertz CT molecular complexity index is 1070. The second-order valence-corrected chi connectivity index (χ2v) is 7.82. The van der Waals surface area contributed by atoms with Gasteiger partial charge in [0.05, 0.1) is 21.8 Å². The average molecular weight is 442 g/mol. The topological polar surface area (TPSA) is 66.0 Å². The van der Waals surface area contributed by atoms with Gasteiger partial charge in [-0.15, -0.1) is 11.3 Å². The number of carbonyl (C=O) groups is 1. The predicted molar refractivity (Wildman–Crippen MR) is 110 cm³/mol. The average Bonchev–Trinajstić information content (AvgIpc) is 3.29. The summed E-state index contributed by atoms with van der Waals surface area (Å²) in [7, 11) is 3.37. The van der Waals surface area contributed by atoms with Crippen LogP contribution in [-0.4, -0.2) is 34.8 Å². The summed E-state index contributed by atoms with van der Waals surface area (Å²) in [6, 6.07) is 6.11. The Morgan fingerprint density at radius 1 is 1.34 bits per heavy atom. The third-order valence-electron chi connectivity index (χ3n) is 4.28. The zero-order valence-electron chi connectivity index (χ0n) is 15.7. The molecule has 1 unspecified atom stereocenters. The molecule has 0 aliphatic carbocycles. The fourth-order valence-corrected chi connectivity index (χ4v) is 3.80. The minimum atomic E-state index is -4.52. The zero-order chi connectivity index (χ0) is 21.3. The predicted octanol–water partition coefficient (Wildman–Crippen LogP) is 4.95. The maximum atomic E-state index is 13.1. The number of H-pyrrole nitrogens is 1. The van der Waals surface area contributed by atoms with Crippen LogP contribution in [0.15, 0.2) is 35.7 Å². The van der Waals surface area contributed by atoms with Crippen molar-refractivity contribution in [3.05, 3.63) is 46.0 Å². The van der Waals surface area contributed by atoms with Crippen molar-refractivity contribution in [3.63, 3.8) is 0 Å². The number of nitrogens with zero attached hydrogens (tertiary/aromatic N) is 3. The summed E-state index contributed by atoms with van der Waals surface area (Å²) < 4.78 is 41.2. The van der Waals surface area contributed by atoms with Gasteiger partial charge in [0.1, 0.15) is 6.04 Å². The van der Waals surface area contributed by atoms with Crippen LogP contribution in [0.1, 0.15) is 18.5 Å². The molecule has 2 heterocycles. The van der Waals surface area contributed by atoms with Gasteiger partial charge in [-0.2, -0.15) is 18.3 Å². The number of aromatic nitrogens is 3. The molecule has 11 heteroatoms. The van der Waals surface area contributed by atoms with E-state index in [9.17, 15) is 18.0 Å². The van der Waals surface area contributed by atoms with Crippen molar-refractivity contribution in [1.82, 2.24) is 14.8 Å². The van der Waals surface area contributed by atoms with Crippen LogP contribution < -0.4 is 10.2 Å². The van der Waals surface area contributed by atoms with Crippen LogP contribution in [0.3, 0.4) is 0 Å². The monoisotopic (exact) mass is 441 g/mol. The number of hydrogen-bond donors (Lipinski definition) is 2. The maximum absolute atomic E-state index is 13.1. The summed E-state index contributed by atoms with van der Waals surface area (Å²) in [4.78, 5) is 15.3. The second kappa shape index (κ2) is 7.99. The molecule has 3 aromatic rings. The highest BCUT2D eigenvalue weighted by Gasteiger charge is 2.32. The summed E-state index contributed by atoms with van der Waals surface area (Å²) >= 11 is 6.69. The highest BCUT2D eigenvalue weighted by atomic mass is 32.1. The highest BCUT2D eigenvalue weighted by Crippen LogP contribution is 2.35. The standard InChI is InChI=1S/C18H18F3N5OS2/c1-10(26-15(23-24-17(26)28)14-5-4-8-29-14)16(27)22-12-9-11(18(19,20)21)6-7-13(12)25(2)3/h4-10H,1-3H3,(H,22,27)(H,24,28). The smallest absolute Gasteiger partial charge is 0.376 e. The molecule has 0 saturated heterocycles. The Morgan fingerprint density at radius 2 is 2.07 bits per heavy atom. The lowest BCUT2D eigenvalue weighted by Crippen LogP contribution is -2.26. The summed E-state index contributed by atoms with van der Waals surface area (Å²) in [5.74, 6) is -0.0211. The molecular formula is C18H18F3N5OS2. The highest BCUT2D eigenvalue weighted by molar-refractivity contribution is 7.71. The number of anilines is 2. The van der Waals surface area contributed by atoms with Crippen LogP contribution in [-0.2, 0) is 11.0 Å². The number of alkyl halides is 3. The fraction of sp³-hybridized carbons (Fsp3) is 0.278. The van der Waals surface area contributed by atoms with E-state index in [0.29, 0.717) is 11.5 Å². The van der Waals surface area contributed by atoms with Crippen molar-refractivity contribution < 1.29 is 18.0 Å². The van der Waals surface area contributed by atoms with E-state index in [1.807, 2.05) is 17.5 Å². The molecule has 0 aliphatic rings. The number of amides is 1. The number of carbonyl (C=O) groups excluding carboxylic acids is 1. The first-order valence-electron chi connectivity index (χ1n) is 8.50. The number of rotatable bonds is 5. The quantitative estimate of drug-likeness (QED) is 0.550. The first kappa shape index (κ1) is 21.1. The van der Waals surface area contributed by atoms with Gasteiger partial charge in [-0.1, -0.05) is 6.07 Å². The Kier molecular flexibility index (Phi) is 5.80. The van der Waals surface area contributed by atoms with Gasteiger partial charge in [-0.05, 0) is 48.8 Å². The number of halogens is 3. The molecule has 6 nitrogen and oxygen atoms in total. The van der Waals surface area contributed by atoms with Gasteiger partial charge in [0, 0.05) is 14.1 Å². The minimum absolute atomic E-state index is 0.0642. The van der Waals surface area contributed by atoms with Crippen LogP contribution in [0.4, 0.5) is 24.5 Å². The number of hydrogen-bond acceptors (Lipinski definition) is 5. The SMILES string of the molecule is CC(C(=O)Nc1cc(C(F)(F)F)ccc1N(C)C)n1c(-c2cccs2)n[nH]c1=S. The second-order valence-electron chi connectivity index (χ2n) is 6.49. The lowest BCUT2D eigenvalue weighted by molar-refractivity contribution is -0.137. The number of nitrogens with one attached hydrogen (secondary N) is 2. The first-order chi connectivity index (χ1) is 13.6. The van der Waals surface area contributed by atoms with Gasteiger partial charge in [0.25, 0.3) is 0 Å². The van der Waals surface area contributed by atoms with E-state index in [-0.39, 0.29) is 10.5 Å². The van der Waals surface area contributed by atoms with E-state index in [1.165, 1.54) is 17.4 Å². The third kappa shape index (κ3) is 4.35. The van der Waals surface area contributed by atoms with Crippen molar-refractivity contribution in [3.8, 4) is 10.7 Å². The van der Waals surface area contributed by atoms with E-state index in [1.54, 1.807) is 30.5 Å². The largest absolute Gasteiger partial charge is 0.416 e. The Morgan fingerprint density at radius 3 is 2.66 bits per heavy atom. The molecule has 29 heavy (non-hydrogen) atoms. The summed E-state index contributed by atoms with van der Waals surface area (Å²) in [5, 5.41) is 11.3. The summed E-state index contributed by atoms with van der Waals surface area (Å²) in [6.07, 6.45) is -4.52. The molecule has 1 amide bonds. The molecule has 3 rings (SSSR count). The molecule has 0 aliphatic heterocycles. The van der Waals surface area contributed by atoms with Gasteiger partial charge >= 0.3 is 6.18 Å².